The van der Waals surface area contributed by atoms with Crippen molar-refractivity contribution in [3.8, 4) is 0 Å². The molecule has 0 aromatic carbocycles. The van der Waals surface area contributed by atoms with E-state index in [1.807, 2.05) is 13.0 Å². The smallest absolute Gasteiger partial charge is 0.187 e. The minimum Gasteiger partial charge on any atom is -0.394 e. The van der Waals surface area contributed by atoms with Crippen LogP contribution in [0.5, 0.6) is 0 Å². The maximum Gasteiger partial charge on any atom is 0.187 e. The molecule has 5 rings (SSSR count). The van der Waals surface area contributed by atoms with Crippen LogP contribution in [0.3, 0.4) is 0 Å². The first kappa shape index (κ1) is 35.7. The zero-order chi connectivity index (χ0) is 33.3. The van der Waals surface area contributed by atoms with Gasteiger partial charge < -0.3 is 45.2 Å². The molecule has 0 aromatic rings. The lowest BCUT2D eigenvalue weighted by Gasteiger charge is -2.71. The van der Waals surface area contributed by atoms with E-state index in [1.54, 1.807) is 0 Å². The lowest BCUT2D eigenvalue weighted by molar-refractivity contribution is -0.335. The summed E-state index contributed by atoms with van der Waals surface area (Å²) in [5.41, 5.74) is -0.678. The molecule has 4 aliphatic carbocycles. The second-order valence-corrected chi connectivity index (χ2v) is 17.1. The van der Waals surface area contributed by atoms with Crippen molar-refractivity contribution >= 4 is 0 Å². The van der Waals surface area contributed by atoms with E-state index in [2.05, 4.69) is 41.5 Å². The molecule has 15 unspecified atom stereocenters. The predicted octanol–water partition coefficient (Wildman–Crippen LogP) is 3.30. The van der Waals surface area contributed by atoms with Crippen LogP contribution in [0, 0.1) is 45.3 Å². The number of allylic oxidation sites excluding steroid dienone is 1. The van der Waals surface area contributed by atoms with Crippen molar-refractivity contribution in [3.63, 3.8) is 0 Å². The Balaban J connectivity index is 1.48. The second-order valence-electron chi connectivity index (χ2n) is 17.1. The highest BCUT2D eigenvalue weighted by Crippen LogP contribution is 2.76. The topological polar surface area (TPSA) is 160 Å². The van der Waals surface area contributed by atoms with E-state index >= 15 is 0 Å². The van der Waals surface area contributed by atoms with Crippen molar-refractivity contribution in [2.45, 2.75) is 155 Å². The molecule has 15 atom stereocenters. The summed E-state index contributed by atoms with van der Waals surface area (Å²) in [6, 6.07) is 0. The third-order valence-corrected chi connectivity index (χ3v) is 14.9. The van der Waals surface area contributed by atoms with Crippen molar-refractivity contribution < 1.29 is 45.2 Å². The Labute approximate surface area is 270 Å². The van der Waals surface area contributed by atoms with Crippen LogP contribution in [0.2, 0.25) is 0 Å². The van der Waals surface area contributed by atoms with Gasteiger partial charge in [-0.3, -0.25) is 0 Å². The van der Waals surface area contributed by atoms with Crippen LogP contribution < -0.4 is 0 Å². The third kappa shape index (κ3) is 5.39. The van der Waals surface area contributed by atoms with Gasteiger partial charge in [-0.15, -0.1) is 0 Å². The first-order valence-corrected chi connectivity index (χ1v) is 17.5. The van der Waals surface area contributed by atoms with Gasteiger partial charge in [0.1, 0.15) is 24.4 Å². The van der Waals surface area contributed by atoms with Gasteiger partial charge in [-0.05, 0) is 112 Å². The zero-order valence-electron chi connectivity index (χ0n) is 28.7. The van der Waals surface area contributed by atoms with Gasteiger partial charge in [0.25, 0.3) is 0 Å². The predicted molar refractivity (Wildman–Crippen MR) is 170 cm³/mol. The molecule has 7 N–H and O–H groups in total. The highest BCUT2D eigenvalue weighted by Gasteiger charge is 2.72. The largest absolute Gasteiger partial charge is 0.394 e. The highest BCUT2D eigenvalue weighted by molar-refractivity contribution is 5.21. The van der Waals surface area contributed by atoms with Gasteiger partial charge in [0.2, 0.25) is 0 Å². The minimum atomic E-state index is -1.52. The fourth-order valence-corrected chi connectivity index (χ4v) is 11.8. The third-order valence-electron chi connectivity index (χ3n) is 14.9. The summed E-state index contributed by atoms with van der Waals surface area (Å²) in [6.45, 7) is 14.9. The molecule has 1 aliphatic heterocycles. The Morgan fingerprint density at radius 2 is 1.56 bits per heavy atom. The summed E-state index contributed by atoms with van der Waals surface area (Å²) in [5.74, 6) is 0.852. The number of aliphatic hydroxyl groups excluding tert-OH is 7. The molecule has 0 radical (unpaired) electrons. The summed E-state index contributed by atoms with van der Waals surface area (Å²) in [6.07, 6.45) is 1.84. The van der Waals surface area contributed by atoms with Crippen molar-refractivity contribution in [1.82, 2.24) is 0 Å². The van der Waals surface area contributed by atoms with E-state index in [0.29, 0.717) is 25.2 Å². The first-order chi connectivity index (χ1) is 20.9. The van der Waals surface area contributed by atoms with E-state index in [1.165, 1.54) is 0 Å². The van der Waals surface area contributed by atoms with Gasteiger partial charge in [0.15, 0.2) is 6.29 Å². The van der Waals surface area contributed by atoms with Gasteiger partial charge >= 0.3 is 0 Å². The van der Waals surface area contributed by atoms with E-state index in [9.17, 15) is 35.7 Å². The van der Waals surface area contributed by atoms with Crippen molar-refractivity contribution in [3.05, 3.63) is 11.6 Å². The van der Waals surface area contributed by atoms with E-state index < -0.39 is 49.0 Å². The summed E-state index contributed by atoms with van der Waals surface area (Å²) >= 11 is 0. The quantitative estimate of drug-likeness (QED) is 0.198. The van der Waals surface area contributed by atoms with Crippen molar-refractivity contribution in [1.29, 1.82) is 0 Å². The molecule has 260 valence electrons. The molecule has 5 aliphatic rings. The number of hydrogen-bond acceptors (Lipinski definition) is 9. The summed E-state index contributed by atoms with van der Waals surface area (Å²) in [7, 11) is 0. The summed E-state index contributed by atoms with van der Waals surface area (Å²) < 4.78 is 12.6. The fourth-order valence-electron chi connectivity index (χ4n) is 11.8. The molecule has 4 saturated carbocycles. The maximum absolute atomic E-state index is 12.2. The Morgan fingerprint density at radius 3 is 2.20 bits per heavy atom. The monoisotopic (exact) mass is 638 g/mol. The average molecular weight is 639 g/mol. The van der Waals surface area contributed by atoms with Crippen LogP contribution >= 0.6 is 0 Å². The molecule has 45 heavy (non-hydrogen) atoms. The SMILES string of the molecule is C/C(=C\CCC(C)(OC1OC(CO)C(O)C(O)C1O)C1CCC2(C)C1CCC1C3(C)CCC(O)C(C)(C)C3CC(O)C12C)CO. The Bertz CT molecular complexity index is 1090. The van der Waals surface area contributed by atoms with Crippen LogP contribution in [-0.4, -0.2) is 97.5 Å². The van der Waals surface area contributed by atoms with Gasteiger partial charge in [0.05, 0.1) is 31.0 Å². The van der Waals surface area contributed by atoms with E-state index in [4.69, 9.17) is 9.47 Å². The minimum absolute atomic E-state index is 0.0194. The van der Waals surface area contributed by atoms with Crippen molar-refractivity contribution in [2.24, 2.45) is 45.3 Å². The number of rotatable bonds is 8. The van der Waals surface area contributed by atoms with Gasteiger partial charge in [-0.1, -0.05) is 46.3 Å². The molecule has 9 nitrogen and oxygen atoms in total. The molecule has 0 spiro atoms. The van der Waals surface area contributed by atoms with E-state index in [-0.39, 0.29) is 52.1 Å². The van der Waals surface area contributed by atoms with Gasteiger partial charge in [-0.25, -0.2) is 0 Å². The molecule has 9 heteroatoms. The summed E-state index contributed by atoms with van der Waals surface area (Å²) in [4.78, 5) is 0. The van der Waals surface area contributed by atoms with Crippen LogP contribution in [0.25, 0.3) is 0 Å². The van der Waals surface area contributed by atoms with Gasteiger partial charge in [-0.2, -0.15) is 0 Å². The van der Waals surface area contributed by atoms with Crippen LogP contribution in [0.4, 0.5) is 0 Å². The highest BCUT2D eigenvalue weighted by atomic mass is 16.7. The summed E-state index contributed by atoms with van der Waals surface area (Å²) in [5, 5.41) is 74.6. The molecule has 0 bridgehead atoms. The standard InChI is InChI=1S/C36H62O9/c1-20(18-37)9-8-14-35(6,45-31-30(43)29(42)28(41)23(19-38)44-31)22-12-16-34(5)21(22)10-11-24-33(4)15-13-26(39)32(2,3)25(33)17-27(40)36(24,34)7/h9,21-31,37-43H,8,10-19H2,1-7H3/b20-9+. The lowest BCUT2D eigenvalue weighted by atomic mass is 9.34. The maximum atomic E-state index is 12.2. The van der Waals surface area contributed by atoms with Crippen LogP contribution in [0.1, 0.15) is 106 Å². The first-order valence-electron chi connectivity index (χ1n) is 17.5. The molecule has 1 saturated heterocycles. The average Bonchev–Trinajstić information content (AvgIpc) is 3.36. The normalized spacial score (nSPS) is 51.2. The number of aliphatic hydroxyl groups is 7. The Kier molecular flexibility index (Phi) is 9.80. The number of ether oxygens (including phenoxy) is 2. The van der Waals surface area contributed by atoms with Crippen molar-refractivity contribution in [2.75, 3.05) is 13.2 Å². The molecule has 0 aromatic heterocycles. The second kappa shape index (κ2) is 12.4. The lowest BCUT2D eigenvalue weighted by Crippen LogP contribution is -2.68. The van der Waals surface area contributed by atoms with Crippen LogP contribution in [-0.2, 0) is 9.47 Å². The molecular formula is C36H62O9. The van der Waals surface area contributed by atoms with Gasteiger partial charge in [0, 0.05) is 5.41 Å². The van der Waals surface area contributed by atoms with Crippen LogP contribution in [0.15, 0.2) is 11.6 Å². The zero-order valence-corrected chi connectivity index (χ0v) is 28.7. The molecular weight excluding hydrogens is 576 g/mol. The van der Waals surface area contributed by atoms with E-state index in [0.717, 1.165) is 44.1 Å². The molecule has 1 heterocycles. The number of fused-ring (bicyclic) bond motifs is 5. The Hall–Kier alpha value is -0.620. The molecule has 0 amide bonds. The Morgan fingerprint density at radius 1 is 0.867 bits per heavy atom. The molecule has 5 fully saturated rings. The number of hydrogen-bond donors (Lipinski definition) is 7. The fraction of sp³-hybridized carbons (Fsp3) is 0.944.